The molecule has 2 aromatic rings. The third-order valence-electron chi connectivity index (χ3n) is 5.17. The predicted molar refractivity (Wildman–Crippen MR) is 130 cm³/mol. The fraction of sp³-hybridized carbons (Fsp3) is 0.409. The fourth-order valence-corrected chi connectivity index (χ4v) is 3.54. The van der Waals surface area contributed by atoms with Gasteiger partial charge in [0.2, 0.25) is 0 Å². The van der Waals surface area contributed by atoms with Gasteiger partial charge in [0.05, 0.1) is 7.11 Å². The van der Waals surface area contributed by atoms with Crippen molar-refractivity contribution < 1.29 is 22.6 Å². The highest BCUT2D eigenvalue weighted by Crippen LogP contribution is 2.26. The van der Waals surface area contributed by atoms with Gasteiger partial charge < -0.3 is 25.0 Å². The molecule has 10 heteroatoms. The largest absolute Gasteiger partial charge is 0.497 e. The van der Waals surface area contributed by atoms with Crippen molar-refractivity contribution in [2.24, 2.45) is 4.99 Å². The van der Waals surface area contributed by atoms with Crippen molar-refractivity contribution in [3.8, 4) is 11.5 Å². The molecular weight excluding hydrogens is 536 g/mol. The first-order valence-corrected chi connectivity index (χ1v) is 10.1. The van der Waals surface area contributed by atoms with Crippen LogP contribution in [0.5, 0.6) is 11.5 Å². The Labute approximate surface area is 203 Å². The number of benzene rings is 2. The molecule has 1 aliphatic rings. The lowest BCUT2D eigenvalue weighted by molar-refractivity contribution is -0.0505. The van der Waals surface area contributed by atoms with Crippen molar-refractivity contribution in [1.82, 2.24) is 10.6 Å². The van der Waals surface area contributed by atoms with Crippen molar-refractivity contribution in [3.63, 3.8) is 0 Å². The first-order chi connectivity index (χ1) is 15.0. The van der Waals surface area contributed by atoms with E-state index in [1.54, 1.807) is 31.3 Å². The average molecular weight is 564 g/mol. The first kappa shape index (κ1) is 25.9. The van der Waals surface area contributed by atoms with Crippen molar-refractivity contribution in [2.45, 2.75) is 32.0 Å². The Morgan fingerprint density at radius 1 is 1.19 bits per heavy atom. The molecule has 1 saturated heterocycles. The molecule has 0 radical (unpaired) electrons. The number of ether oxygens (including phenoxy) is 2. The van der Waals surface area contributed by atoms with Gasteiger partial charge in [-0.3, -0.25) is 4.99 Å². The smallest absolute Gasteiger partial charge is 0.387 e. The van der Waals surface area contributed by atoms with E-state index in [-0.39, 0.29) is 48.1 Å². The van der Waals surface area contributed by atoms with Gasteiger partial charge in [-0.1, -0.05) is 6.07 Å². The maximum atomic E-state index is 13.5. The Morgan fingerprint density at radius 3 is 2.56 bits per heavy atom. The van der Waals surface area contributed by atoms with Crippen LogP contribution in [0.2, 0.25) is 0 Å². The van der Waals surface area contributed by atoms with E-state index >= 15 is 0 Å². The summed E-state index contributed by atoms with van der Waals surface area (Å²) in [6, 6.07) is 11.6. The molecule has 0 aliphatic carbocycles. The molecule has 0 atom stereocenters. The molecule has 0 saturated carbocycles. The summed E-state index contributed by atoms with van der Waals surface area (Å²) in [5, 5.41) is 6.51. The molecule has 3 rings (SSSR count). The van der Waals surface area contributed by atoms with Crippen LogP contribution in [0.1, 0.15) is 18.4 Å². The van der Waals surface area contributed by atoms with Crippen molar-refractivity contribution in [1.29, 1.82) is 0 Å². The predicted octanol–water partition coefficient (Wildman–Crippen LogP) is 4.39. The molecule has 1 heterocycles. The number of aliphatic imine (C=N–C) groups is 1. The van der Waals surface area contributed by atoms with E-state index in [1.807, 2.05) is 6.07 Å². The summed E-state index contributed by atoms with van der Waals surface area (Å²) >= 11 is 0. The second kappa shape index (κ2) is 12.6. The van der Waals surface area contributed by atoms with Crippen LogP contribution in [-0.2, 0) is 6.54 Å². The molecule has 0 amide bonds. The molecule has 0 aromatic heterocycles. The van der Waals surface area contributed by atoms with Crippen molar-refractivity contribution in [2.75, 3.05) is 32.1 Å². The van der Waals surface area contributed by atoms with Crippen LogP contribution in [0.3, 0.4) is 0 Å². The summed E-state index contributed by atoms with van der Waals surface area (Å²) in [5.74, 6) is 0.826. The molecular formula is C22H28F3IN4O2. The summed E-state index contributed by atoms with van der Waals surface area (Å²) in [5.41, 5.74) is 1.44. The molecule has 0 bridgehead atoms. The second-order valence-electron chi connectivity index (χ2n) is 7.16. The molecule has 32 heavy (non-hydrogen) atoms. The van der Waals surface area contributed by atoms with Crippen LogP contribution in [0.15, 0.2) is 47.5 Å². The Balaban J connectivity index is 0.00000363. The van der Waals surface area contributed by atoms with Crippen molar-refractivity contribution in [3.05, 3.63) is 53.8 Å². The van der Waals surface area contributed by atoms with Crippen LogP contribution in [-0.4, -0.2) is 45.9 Å². The number of anilines is 1. The molecule has 2 aromatic carbocycles. The van der Waals surface area contributed by atoms with E-state index in [2.05, 4.69) is 25.3 Å². The molecule has 0 spiro atoms. The monoisotopic (exact) mass is 564 g/mol. The minimum atomic E-state index is -2.92. The van der Waals surface area contributed by atoms with E-state index in [1.165, 1.54) is 19.2 Å². The maximum Gasteiger partial charge on any atom is 0.387 e. The minimum absolute atomic E-state index is 0. The number of methoxy groups -OCH3 is 1. The maximum absolute atomic E-state index is 13.5. The zero-order chi connectivity index (χ0) is 22.2. The molecule has 0 unspecified atom stereocenters. The zero-order valence-electron chi connectivity index (χ0n) is 18.0. The van der Waals surface area contributed by atoms with Gasteiger partial charge in [-0.05, 0) is 43.2 Å². The number of hydrogen-bond donors (Lipinski definition) is 2. The van der Waals surface area contributed by atoms with Gasteiger partial charge in [0.25, 0.3) is 0 Å². The third kappa shape index (κ3) is 7.35. The highest BCUT2D eigenvalue weighted by molar-refractivity contribution is 14.0. The van der Waals surface area contributed by atoms with Crippen LogP contribution in [0, 0.1) is 5.82 Å². The van der Waals surface area contributed by atoms with E-state index in [9.17, 15) is 13.2 Å². The number of nitrogens with one attached hydrogen (secondary N) is 2. The Kier molecular flexibility index (Phi) is 10.2. The number of piperidine rings is 1. The van der Waals surface area contributed by atoms with Gasteiger partial charge in [0, 0.05) is 50.0 Å². The number of hydrogen-bond acceptors (Lipinski definition) is 4. The number of nitrogens with zero attached hydrogens (tertiary/aromatic N) is 2. The van der Waals surface area contributed by atoms with Gasteiger partial charge in [-0.25, -0.2) is 4.39 Å². The Hall–Kier alpha value is -2.37. The standard InChI is InChI=1S/C22H27F3N4O2.HI/c1-26-22(27-14-15-6-7-19(30-2)13-20(15)31-21(24)25)28-17-8-10-29(11-9-17)18-5-3-4-16(23)12-18;/h3-7,12-13,17,21H,8-11,14H2,1-2H3,(H2,26,27,28);1H. The summed E-state index contributed by atoms with van der Waals surface area (Å²) in [6.45, 7) is -1.08. The van der Waals surface area contributed by atoms with Gasteiger partial charge >= 0.3 is 6.61 Å². The molecule has 2 N–H and O–H groups in total. The topological polar surface area (TPSA) is 58.1 Å². The summed E-state index contributed by atoms with van der Waals surface area (Å²) in [4.78, 5) is 6.38. The first-order valence-electron chi connectivity index (χ1n) is 10.1. The Bertz CT molecular complexity index is 893. The molecule has 6 nitrogen and oxygen atoms in total. The van der Waals surface area contributed by atoms with Crippen LogP contribution < -0.4 is 25.0 Å². The SMILES string of the molecule is CN=C(NCc1ccc(OC)cc1OC(F)F)NC1CCN(c2cccc(F)c2)CC1.I. The van der Waals surface area contributed by atoms with Gasteiger partial charge in [-0.15, -0.1) is 24.0 Å². The van der Waals surface area contributed by atoms with E-state index in [0.29, 0.717) is 17.3 Å². The average Bonchev–Trinajstić information content (AvgIpc) is 2.77. The third-order valence-corrected chi connectivity index (χ3v) is 5.17. The molecule has 1 fully saturated rings. The van der Waals surface area contributed by atoms with E-state index in [0.717, 1.165) is 31.6 Å². The quantitative estimate of drug-likeness (QED) is 0.297. The van der Waals surface area contributed by atoms with Gasteiger partial charge in [0.1, 0.15) is 17.3 Å². The van der Waals surface area contributed by atoms with Crippen LogP contribution in [0.25, 0.3) is 0 Å². The minimum Gasteiger partial charge on any atom is -0.497 e. The summed E-state index contributed by atoms with van der Waals surface area (Å²) in [7, 11) is 3.12. The lowest BCUT2D eigenvalue weighted by Gasteiger charge is -2.34. The van der Waals surface area contributed by atoms with E-state index < -0.39 is 6.61 Å². The number of halogens is 4. The lowest BCUT2D eigenvalue weighted by atomic mass is 10.0. The summed E-state index contributed by atoms with van der Waals surface area (Å²) in [6.07, 6.45) is 1.72. The Morgan fingerprint density at radius 2 is 1.94 bits per heavy atom. The highest BCUT2D eigenvalue weighted by atomic mass is 127. The van der Waals surface area contributed by atoms with E-state index in [4.69, 9.17) is 4.74 Å². The lowest BCUT2D eigenvalue weighted by Crippen LogP contribution is -2.48. The van der Waals surface area contributed by atoms with Gasteiger partial charge in [0.15, 0.2) is 5.96 Å². The fourth-order valence-electron chi connectivity index (χ4n) is 3.54. The molecule has 176 valence electrons. The van der Waals surface area contributed by atoms with Crippen LogP contribution >= 0.6 is 24.0 Å². The summed E-state index contributed by atoms with van der Waals surface area (Å²) < 4.78 is 48.6. The zero-order valence-corrected chi connectivity index (χ0v) is 20.3. The second-order valence-corrected chi connectivity index (χ2v) is 7.16. The van der Waals surface area contributed by atoms with Crippen LogP contribution in [0.4, 0.5) is 18.9 Å². The van der Waals surface area contributed by atoms with Gasteiger partial charge in [-0.2, -0.15) is 8.78 Å². The number of alkyl halides is 2. The van der Waals surface area contributed by atoms with Crippen molar-refractivity contribution >= 4 is 35.6 Å². The normalized spacial score (nSPS) is 14.7. The number of rotatable bonds is 7. The highest BCUT2D eigenvalue weighted by Gasteiger charge is 2.21. The molecule has 1 aliphatic heterocycles. The number of guanidine groups is 1.